The summed E-state index contributed by atoms with van der Waals surface area (Å²) in [5.41, 5.74) is 3.02. The summed E-state index contributed by atoms with van der Waals surface area (Å²) >= 11 is 0. The fraction of sp³-hybridized carbons (Fsp3) is 0.708. The van der Waals surface area contributed by atoms with Gasteiger partial charge in [0.2, 0.25) is 5.88 Å². The SMILES string of the molecule is CN1CCC[C@H]1COc1nc2c(c(N3CCN(C(=O)OC(C)(C)C)CC3)c1C#N)CCNC2. The first-order chi connectivity index (χ1) is 15.8. The highest BCUT2D eigenvalue weighted by atomic mass is 16.6. The molecule has 0 bridgehead atoms. The lowest BCUT2D eigenvalue weighted by atomic mass is 9.99. The average molecular weight is 457 g/mol. The molecule has 1 aromatic rings. The number of pyridine rings is 1. The van der Waals surface area contributed by atoms with E-state index >= 15 is 0 Å². The Morgan fingerprint density at radius 1 is 1.24 bits per heavy atom. The number of fused-ring (bicyclic) bond motifs is 1. The van der Waals surface area contributed by atoms with Gasteiger partial charge in [-0.1, -0.05) is 0 Å². The Morgan fingerprint density at radius 3 is 2.64 bits per heavy atom. The number of hydrogen-bond donors (Lipinski definition) is 1. The minimum absolute atomic E-state index is 0.284. The van der Waals surface area contributed by atoms with Crippen molar-refractivity contribution in [1.29, 1.82) is 5.26 Å². The Labute approximate surface area is 196 Å². The van der Waals surface area contributed by atoms with E-state index in [0.29, 0.717) is 56.8 Å². The van der Waals surface area contributed by atoms with Gasteiger partial charge in [0.15, 0.2) is 0 Å². The highest BCUT2D eigenvalue weighted by Crippen LogP contribution is 2.36. The molecule has 3 aliphatic rings. The van der Waals surface area contributed by atoms with Crippen molar-refractivity contribution in [2.24, 2.45) is 0 Å². The molecule has 9 nitrogen and oxygen atoms in total. The maximum Gasteiger partial charge on any atom is 0.410 e. The maximum absolute atomic E-state index is 12.5. The van der Waals surface area contributed by atoms with Crippen LogP contribution in [0.2, 0.25) is 0 Å². The molecule has 0 spiro atoms. The fourth-order valence-corrected chi connectivity index (χ4v) is 4.82. The predicted molar refractivity (Wildman–Crippen MR) is 126 cm³/mol. The van der Waals surface area contributed by atoms with Crippen LogP contribution in [0.15, 0.2) is 0 Å². The molecule has 0 aromatic carbocycles. The van der Waals surface area contributed by atoms with Gasteiger partial charge in [-0.25, -0.2) is 9.78 Å². The van der Waals surface area contributed by atoms with Gasteiger partial charge in [0.1, 0.15) is 23.8 Å². The molecule has 0 saturated carbocycles. The number of nitriles is 1. The van der Waals surface area contributed by atoms with Crippen LogP contribution in [0.3, 0.4) is 0 Å². The molecular formula is C24H36N6O3. The highest BCUT2D eigenvalue weighted by Gasteiger charge is 2.31. The van der Waals surface area contributed by atoms with E-state index in [0.717, 1.165) is 42.9 Å². The van der Waals surface area contributed by atoms with E-state index in [1.54, 1.807) is 4.90 Å². The van der Waals surface area contributed by atoms with E-state index < -0.39 is 5.60 Å². The Balaban J connectivity index is 1.55. The van der Waals surface area contributed by atoms with E-state index in [4.69, 9.17) is 14.5 Å². The smallest absolute Gasteiger partial charge is 0.410 e. The molecular weight excluding hydrogens is 420 g/mol. The van der Waals surface area contributed by atoms with Crippen molar-refractivity contribution < 1.29 is 14.3 Å². The molecule has 2 saturated heterocycles. The number of hydrogen-bond acceptors (Lipinski definition) is 8. The molecule has 4 rings (SSSR count). The number of nitrogens with zero attached hydrogens (tertiary/aromatic N) is 5. The number of carbonyl (C=O) groups excluding carboxylic acids is 1. The number of ether oxygens (including phenoxy) is 2. The monoisotopic (exact) mass is 456 g/mol. The van der Waals surface area contributed by atoms with Gasteiger partial charge in [-0.05, 0) is 60.2 Å². The largest absolute Gasteiger partial charge is 0.475 e. The van der Waals surface area contributed by atoms with Crippen LogP contribution in [0.5, 0.6) is 5.88 Å². The third kappa shape index (κ3) is 5.33. The summed E-state index contributed by atoms with van der Waals surface area (Å²) in [6.45, 7) is 11.2. The van der Waals surface area contributed by atoms with Gasteiger partial charge in [0, 0.05) is 44.3 Å². The molecule has 0 unspecified atom stereocenters. The first kappa shape index (κ1) is 23.6. The van der Waals surface area contributed by atoms with Gasteiger partial charge in [-0.15, -0.1) is 0 Å². The molecule has 1 amide bonds. The summed E-state index contributed by atoms with van der Waals surface area (Å²) in [7, 11) is 2.12. The average Bonchev–Trinajstić information content (AvgIpc) is 3.20. The summed E-state index contributed by atoms with van der Waals surface area (Å²) < 4.78 is 11.7. The zero-order chi connectivity index (χ0) is 23.6. The lowest BCUT2D eigenvalue weighted by molar-refractivity contribution is 0.0240. The van der Waals surface area contributed by atoms with Gasteiger partial charge >= 0.3 is 6.09 Å². The van der Waals surface area contributed by atoms with Crippen molar-refractivity contribution in [3.05, 3.63) is 16.8 Å². The summed E-state index contributed by atoms with van der Waals surface area (Å²) in [5, 5.41) is 13.5. The first-order valence-electron chi connectivity index (χ1n) is 12.0. The molecule has 2 fully saturated rings. The Bertz CT molecular complexity index is 914. The maximum atomic E-state index is 12.5. The van der Waals surface area contributed by atoms with Crippen LogP contribution in [0, 0.1) is 11.3 Å². The van der Waals surface area contributed by atoms with Crippen molar-refractivity contribution >= 4 is 11.8 Å². The minimum Gasteiger partial charge on any atom is -0.475 e. The standard InChI is InChI=1S/C24H36N6O3/c1-24(2,3)33-23(31)30-12-10-29(11-13-30)21-18-7-8-26-15-20(18)27-22(19(21)14-25)32-16-17-6-5-9-28(17)4/h17,26H,5-13,15-16H2,1-4H3/t17-/m0/s1. The Hall–Kier alpha value is -2.57. The van der Waals surface area contributed by atoms with Crippen molar-refractivity contribution in [1.82, 2.24) is 20.1 Å². The number of piperazine rings is 1. The van der Waals surface area contributed by atoms with Gasteiger partial charge < -0.3 is 29.5 Å². The topological polar surface area (TPSA) is 94.0 Å². The molecule has 3 aliphatic heterocycles. The second-order valence-electron chi connectivity index (χ2n) is 10.1. The molecule has 1 N–H and O–H groups in total. The normalized spacial score (nSPS) is 21.5. The van der Waals surface area contributed by atoms with Crippen LogP contribution >= 0.6 is 0 Å². The van der Waals surface area contributed by atoms with E-state index in [9.17, 15) is 10.1 Å². The number of nitrogens with one attached hydrogen (secondary N) is 1. The molecule has 1 atom stereocenters. The van der Waals surface area contributed by atoms with Crippen molar-refractivity contribution in [2.75, 3.05) is 57.8 Å². The van der Waals surface area contributed by atoms with Gasteiger partial charge in [-0.2, -0.15) is 5.26 Å². The zero-order valence-electron chi connectivity index (χ0n) is 20.3. The van der Waals surface area contributed by atoms with Crippen LogP contribution < -0.4 is 15.0 Å². The summed E-state index contributed by atoms with van der Waals surface area (Å²) in [6, 6.07) is 2.75. The minimum atomic E-state index is -0.515. The second kappa shape index (κ2) is 9.74. The number of rotatable bonds is 4. The molecule has 0 radical (unpaired) electrons. The molecule has 33 heavy (non-hydrogen) atoms. The molecule has 0 aliphatic carbocycles. The van der Waals surface area contributed by atoms with Crippen LogP contribution in [0.4, 0.5) is 10.5 Å². The van der Waals surface area contributed by atoms with E-state index in [-0.39, 0.29) is 6.09 Å². The number of likely N-dealkylation sites (N-methyl/N-ethyl adjacent to an activating group) is 1. The third-order valence-corrected chi connectivity index (χ3v) is 6.61. The summed E-state index contributed by atoms with van der Waals surface area (Å²) in [4.78, 5) is 23.5. The van der Waals surface area contributed by atoms with Crippen LogP contribution in [0.25, 0.3) is 0 Å². The van der Waals surface area contributed by atoms with Crippen molar-refractivity contribution in [3.8, 4) is 11.9 Å². The van der Waals surface area contributed by atoms with Gasteiger partial charge in [-0.3, -0.25) is 0 Å². The van der Waals surface area contributed by atoms with Crippen LogP contribution in [-0.4, -0.2) is 85.4 Å². The lowest BCUT2D eigenvalue weighted by Crippen LogP contribution is -2.50. The molecule has 1 aromatic heterocycles. The number of aromatic nitrogens is 1. The van der Waals surface area contributed by atoms with Crippen LogP contribution in [-0.2, 0) is 17.7 Å². The van der Waals surface area contributed by atoms with Crippen molar-refractivity contribution in [2.45, 2.75) is 58.2 Å². The highest BCUT2D eigenvalue weighted by molar-refractivity contribution is 5.71. The molecule has 9 heteroatoms. The zero-order valence-corrected chi connectivity index (χ0v) is 20.3. The van der Waals surface area contributed by atoms with Crippen LogP contribution in [0.1, 0.15) is 50.4 Å². The third-order valence-electron chi connectivity index (χ3n) is 6.61. The van der Waals surface area contributed by atoms with E-state index in [1.807, 2.05) is 20.8 Å². The van der Waals surface area contributed by atoms with Gasteiger partial charge in [0.05, 0.1) is 11.4 Å². The van der Waals surface area contributed by atoms with E-state index in [1.165, 1.54) is 6.42 Å². The number of likely N-dealkylation sites (tertiary alicyclic amines) is 1. The first-order valence-corrected chi connectivity index (χ1v) is 12.0. The second-order valence-corrected chi connectivity index (χ2v) is 10.1. The summed E-state index contributed by atoms with van der Waals surface area (Å²) in [5.74, 6) is 0.435. The predicted octanol–water partition coefficient (Wildman–Crippen LogP) is 2.13. The fourth-order valence-electron chi connectivity index (χ4n) is 4.82. The van der Waals surface area contributed by atoms with E-state index in [2.05, 4.69) is 28.2 Å². The number of carbonyl (C=O) groups is 1. The number of anilines is 1. The van der Waals surface area contributed by atoms with Gasteiger partial charge in [0.25, 0.3) is 0 Å². The lowest BCUT2D eigenvalue weighted by Gasteiger charge is -2.38. The molecule has 4 heterocycles. The number of amides is 1. The summed E-state index contributed by atoms with van der Waals surface area (Å²) in [6.07, 6.45) is 2.81. The quantitative estimate of drug-likeness (QED) is 0.737. The Kier molecular flexibility index (Phi) is 6.96. The Morgan fingerprint density at radius 2 is 2.00 bits per heavy atom. The molecule has 180 valence electrons. The van der Waals surface area contributed by atoms with Crippen molar-refractivity contribution in [3.63, 3.8) is 0 Å².